The van der Waals surface area contributed by atoms with Crippen molar-refractivity contribution in [3.63, 3.8) is 0 Å². The first-order chi connectivity index (χ1) is 13.6. The van der Waals surface area contributed by atoms with Gasteiger partial charge in [0.05, 0.1) is 28.7 Å². The predicted molar refractivity (Wildman–Crippen MR) is 108 cm³/mol. The van der Waals surface area contributed by atoms with Gasteiger partial charge in [-0.25, -0.2) is 5.01 Å². The molecule has 3 heterocycles. The van der Waals surface area contributed by atoms with Crippen LogP contribution in [0.5, 0.6) is 0 Å². The van der Waals surface area contributed by atoms with E-state index in [1.807, 2.05) is 38.4 Å². The lowest BCUT2D eigenvalue weighted by atomic mass is 9.93. The maximum absolute atomic E-state index is 12.3. The van der Waals surface area contributed by atoms with E-state index in [-0.39, 0.29) is 11.5 Å². The molecule has 0 aliphatic carbocycles. The summed E-state index contributed by atoms with van der Waals surface area (Å²) in [6.07, 6.45) is 6.93. The Morgan fingerprint density at radius 1 is 0.964 bits per heavy atom. The molecule has 0 spiro atoms. The van der Waals surface area contributed by atoms with E-state index in [9.17, 15) is 4.79 Å². The van der Waals surface area contributed by atoms with E-state index in [1.54, 1.807) is 12.4 Å². The maximum atomic E-state index is 12.3. The highest BCUT2D eigenvalue weighted by atomic mass is 16.3. The van der Waals surface area contributed by atoms with Crippen molar-refractivity contribution in [1.29, 1.82) is 0 Å². The number of aromatic nitrogens is 2. The molecule has 1 aliphatic rings. The van der Waals surface area contributed by atoms with Crippen molar-refractivity contribution in [1.82, 2.24) is 20.0 Å². The van der Waals surface area contributed by atoms with E-state index in [0.717, 1.165) is 27.7 Å². The van der Waals surface area contributed by atoms with Crippen LogP contribution in [0.15, 0.2) is 76.5 Å². The van der Waals surface area contributed by atoms with Gasteiger partial charge < -0.3 is 9.43 Å². The van der Waals surface area contributed by atoms with Crippen LogP contribution in [0.4, 0.5) is 0 Å². The van der Waals surface area contributed by atoms with Crippen molar-refractivity contribution in [2.45, 2.75) is 6.04 Å². The fourth-order valence-electron chi connectivity index (χ4n) is 3.79. The van der Waals surface area contributed by atoms with E-state index < -0.39 is 0 Å². The third kappa shape index (κ3) is 2.58. The van der Waals surface area contributed by atoms with Crippen LogP contribution in [0.2, 0.25) is 0 Å². The summed E-state index contributed by atoms with van der Waals surface area (Å²) in [5.41, 5.74) is 5.50. The molecule has 2 aromatic carbocycles. The molecule has 138 valence electrons. The largest absolute Gasteiger partial charge is 0.464 e. The zero-order valence-electron chi connectivity index (χ0n) is 15.5. The summed E-state index contributed by atoms with van der Waals surface area (Å²) >= 11 is 0. The van der Waals surface area contributed by atoms with Crippen LogP contribution in [0.1, 0.15) is 17.2 Å². The lowest BCUT2D eigenvalue weighted by Gasteiger charge is -2.28. The van der Waals surface area contributed by atoms with Gasteiger partial charge in [-0.05, 0) is 35.4 Å². The van der Waals surface area contributed by atoms with Crippen LogP contribution < -0.4 is 5.43 Å². The summed E-state index contributed by atoms with van der Waals surface area (Å²) in [6.45, 7) is 0. The van der Waals surface area contributed by atoms with Crippen LogP contribution >= 0.6 is 0 Å². The number of fused-ring (bicyclic) bond motifs is 2. The van der Waals surface area contributed by atoms with Crippen molar-refractivity contribution in [3.8, 4) is 0 Å². The third-order valence-electron chi connectivity index (χ3n) is 5.29. The van der Waals surface area contributed by atoms with Crippen molar-refractivity contribution in [2.75, 3.05) is 14.1 Å². The highest BCUT2D eigenvalue weighted by Gasteiger charge is 2.31. The number of hydrazine groups is 1. The SMILES string of the molecule is CN1C=C(c2ccc3occc(=O)c3c2)C(c2ccc3nccnc3c2)N1C. The molecule has 0 saturated carbocycles. The van der Waals surface area contributed by atoms with Crippen LogP contribution in [0.3, 0.4) is 0 Å². The summed E-state index contributed by atoms with van der Waals surface area (Å²) in [7, 11) is 4.06. The molecular formula is C22H18N4O2. The first-order valence-corrected chi connectivity index (χ1v) is 9.02. The molecule has 6 heteroatoms. The molecule has 5 rings (SSSR count). The van der Waals surface area contributed by atoms with Gasteiger partial charge in [-0.1, -0.05) is 12.1 Å². The minimum absolute atomic E-state index is 0.00427. The molecule has 4 aromatic rings. The molecule has 0 N–H and O–H groups in total. The van der Waals surface area contributed by atoms with Gasteiger partial charge in [-0.2, -0.15) is 0 Å². The number of likely N-dealkylation sites (N-methyl/N-ethyl adjacent to an activating group) is 1. The van der Waals surface area contributed by atoms with E-state index in [2.05, 4.69) is 38.3 Å². The molecule has 0 radical (unpaired) electrons. The Hall–Kier alpha value is -3.51. The molecular weight excluding hydrogens is 352 g/mol. The highest BCUT2D eigenvalue weighted by Crippen LogP contribution is 2.40. The average Bonchev–Trinajstić information content (AvgIpc) is 3.02. The normalized spacial score (nSPS) is 17.4. The number of rotatable bonds is 2. The number of hydrogen-bond donors (Lipinski definition) is 0. The van der Waals surface area contributed by atoms with E-state index in [4.69, 9.17) is 4.42 Å². The number of benzene rings is 2. The maximum Gasteiger partial charge on any atom is 0.192 e. The summed E-state index contributed by atoms with van der Waals surface area (Å²) in [6, 6.07) is 13.4. The smallest absolute Gasteiger partial charge is 0.192 e. The highest BCUT2D eigenvalue weighted by molar-refractivity contribution is 5.84. The van der Waals surface area contributed by atoms with Crippen molar-refractivity contribution >= 4 is 27.6 Å². The summed E-state index contributed by atoms with van der Waals surface area (Å²) in [5.74, 6) is 0. The molecule has 2 aromatic heterocycles. The van der Waals surface area contributed by atoms with Gasteiger partial charge in [0.15, 0.2) is 5.43 Å². The molecule has 0 amide bonds. The molecule has 1 unspecified atom stereocenters. The van der Waals surface area contributed by atoms with Crippen molar-refractivity contribution < 1.29 is 4.42 Å². The Bertz CT molecular complexity index is 1290. The zero-order valence-corrected chi connectivity index (χ0v) is 15.5. The Kier molecular flexibility index (Phi) is 3.74. The first kappa shape index (κ1) is 16.6. The fraction of sp³-hybridized carbons (Fsp3) is 0.136. The second kappa shape index (κ2) is 6.28. The Morgan fingerprint density at radius 2 is 1.79 bits per heavy atom. The quantitative estimate of drug-likeness (QED) is 0.537. The molecule has 6 nitrogen and oxygen atoms in total. The fourth-order valence-corrected chi connectivity index (χ4v) is 3.79. The van der Waals surface area contributed by atoms with Gasteiger partial charge in [0.25, 0.3) is 0 Å². The van der Waals surface area contributed by atoms with Crippen LogP contribution in [-0.4, -0.2) is 34.1 Å². The lowest BCUT2D eigenvalue weighted by molar-refractivity contribution is 0.0753. The average molecular weight is 370 g/mol. The number of hydrogen-bond acceptors (Lipinski definition) is 6. The zero-order chi connectivity index (χ0) is 19.3. The minimum Gasteiger partial charge on any atom is -0.464 e. The topological polar surface area (TPSA) is 62.5 Å². The second-order valence-electron chi connectivity index (χ2n) is 6.93. The minimum atomic E-state index is -0.0408. The first-order valence-electron chi connectivity index (χ1n) is 9.02. The van der Waals surface area contributed by atoms with Gasteiger partial charge in [0.2, 0.25) is 0 Å². The second-order valence-corrected chi connectivity index (χ2v) is 6.93. The van der Waals surface area contributed by atoms with Gasteiger partial charge in [-0.15, -0.1) is 0 Å². The molecule has 28 heavy (non-hydrogen) atoms. The van der Waals surface area contributed by atoms with Crippen LogP contribution in [0.25, 0.3) is 27.6 Å². The van der Waals surface area contributed by atoms with Gasteiger partial charge >= 0.3 is 0 Å². The summed E-state index contributed by atoms with van der Waals surface area (Å²) < 4.78 is 5.46. The summed E-state index contributed by atoms with van der Waals surface area (Å²) in [5, 5.41) is 4.80. The van der Waals surface area contributed by atoms with Crippen molar-refractivity contribution in [3.05, 3.63) is 88.7 Å². The summed E-state index contributed by atoms with van der Waals surface area (Å²) in [4.78, 5) is 21.1. The van der Waals surface area contributed by atoms with Crippen LogP contribution in [-0.2, 0) is 0 Å². The molecule has 1 aliphatic heterocycles. The predicted octanol–water partition coefficient (Wildman–Crippen LogP) is 3.61. The number of nitrogens with zero attached hydrogens (tertiary/aromatic N) is 4. The van der Waals surface area contributed by atoms with Crippen LogP contribution in [0, 0.1) is 0 Å². The third-order valence-corrected chi connectivity index (χ3v) is 5.29. The standard InChI is InChI=1S/C22H18N4O2/c1-25-13-17(14-4-6-21-16(11-14)20(27)7-10-28-21)22(26(25)2)15-3-5-18-19(12-15)24-9-8-23-18/h3-13,22H,1-2H3. The monoisotopic (exact) mass is 370 g/mol. The van der Waals surface area contributed by atoms with Gasteiger partial charge in [0.1, 0.15) is 5.58 Å². The molecule has 0 bridgehead atoms. The van der Waals surface area contributed by atoms with Crippen molar-refractivity contribution in [2.24, 2.45) is 0 Å². The van der Waals surface area contributed by atoms with Gasteiger partial charge in [0, 0.05) is 44.3 Å². The molecule has 0 saturated heterocycles. The van der Waals surface area contributed by atoms with Gasteiger partial charge in [-0.3, -0.25) is 14.8 Å². The molecule has 1 atom stereocenters. The van der Waals surface area contributed by atoms with E-state index in [0.29, 0.717) is 11.0 Å². The molecule has 0 fully saturated rings. The van der Waals surface area contributed by atoms with E-state index in [1.165, 1.54) is 12.3 Å². The van der Waals surface area contributed by atoms with E-state index >= 15 is 0 Å². The Balaban J connectivity index is 1.65. The Labute approximate surface area is 161 Å². The lowest BCUT2D eigenvalue weighted by Crippen LogP contribution is -2.30. The Morgan fingerprint density at radius 3 is 2.64 bits per heavy atom.